The molecule has 1 aliphatic carbocycles. The minimum absolute atomic E-state index is 0.0319. The molecule has 34 heavy (non-hydrogen) atoms. The van der Waals surface area contributed by atoms with Gasteiger partial charge in [-0.2, -0.15) is 0 Å². The Morgan fingerprint density at radius 1 is 1.12 bits per heavy atom. The van der Waals surface area contributed by atoms with Crippen molar-refractivity contribution in [2.75, 3.05) is 18.6 Å². The van der Waals surface area contributed by atoms with Crippen LogP contribution in [0.2, 0.25) is 0 Å². The van der Waals surface area contributed by atoms with E-state index in [0.717, 1.165) is 4.90 Å². The summed E-state index contributed by atoms with van der Waals surface area (Å²) in [6.07, 6.45) is -0.209. The van der Waals surface area contributed by atoms with E-state index in [1.807, 2.05) is 0 Å². The molecule has 2 aromatic carbocycles. The number of nitrogens with zero attached hydrogens (tertiary/aromatic N) is 1. The SMILES string of the molecule is COC[C@H]1C[C@@H]2C(=O)N(c3cccc(B(O)O)c3)C(=O)[C@@H]2[C@@H]2C[C@@H](c3ccccc3O)O[C@]12O. The number of aromatic hydroxyl groups is 1. The number of ether oxygens (including phenoxy) is 2. The van der Waals surface area contributed by atoms with E-state index in [9.17, 15) is 29.9 Å². The Bertz CT molecular complexity index is 1130. The van der Waals surface area contributed by atoms with Crippen LogP contribution in [0.5, 0.6) is 5.75 Å². The predicted octanol–water partition coefficient (Wildman–Crippen LogP) is 0.310. The fraction of sp³-hybridized carbons (Fsp3) is 0.417. The third-order valence-electron chi connectivity index (χ3n) is 7.44. The number of benzene rings is 2. The highest BCUT2D eigenvalue weighted by Crippen LogP contribution is 2.59. The maximum atomic E-state index is 13.6. The number of imide groups is 1. The number of carbonyl (C=O) groups is 2. The molecule has 3 aliphatic rings. The van der Waals surface area contributed by atoms with Crippen molar-refractivity contribution < 1.29 is 39.3 Å². The molecule has 9 nitrogen and oxygen atoms in total. The third-order valence-corrected chi connectivity index (χ3v) is 7.44. The Balaban J connectivity index is 1.53. The van der Waals surface area contributed by atoms with Gasteiger partial charge in [0.05, 0.1) is 30.2 Å². The Morgan fingerprint density at radius 3 is 2.59 bits per heavy atom. The van der Waals surface area contributed by atoms with E-state index in [1.54, 1.807) is 30.3 Å². The zero-order valence-electron chi connectivity index (χ0n) is 18.6. The largest absolute Gasteiger partial charge is 0.508 e. The van der Waals surface area contributed by atoms with Gasteiger partial charge in [-0.3, -0.25) is 14.5 Å². The molecule has 0 aromatic heterocycles. The summed E-state index contributed by atoms with van der Waals surface area (Å²) in [5, 5.41) is 41.1. The number of hydrogen-bond acceptors (Lipinski definition) is 8. The summed E-state index contributed by atoms with van der Waals surface area (Å²) in [6.45, 7) is 0.136. The number of aliphatic hydroxyl groups is 1. The lowest BCUT2D eigenvalue weighted by Gasteiger charge is -2.44. The average Bonchev–Trinajstić information content (AvgIpc) is 3.28. The van der Waals surface area contributed by atoms with Gasteiger partial charge in [-0.05, 0) is 36.5 Å². The number of anilines is 1. The lowest BCUT2D eigenvalue weighted by molar-refractivity contribution is -0.275. The molecular weight excluding hydrogens is 441 g/mol. The van der Waals surface area contributed by atoms with Crippen LogP contribution in [0.25, 0.3) is 0 Å². The van der Waals surface area contributed by atoms with Crippen molar-refractivity contribution in [3.05, 3.63) is 54.1 Å². The molecule has 4 N–H and O–H groups in total. The molecule has 1 saturated carbocycles. The van der Waals surface area contributed by atoms with Gasteiger partial charge in [0.1, 0.15) is 5.75 Å². The number of phenols is 1. The zero-order valence-corrected chi connectivity index (χ0v) is 18.6. The van der Waals surface area contributed by atoms with Gasteiger partial charge < -0.3 is 29.7 Å². The lowest BCUT2D eigenvalue weighted by atomic mass is 9.64. The van der Waals surface area contributed by atoms with Crippen LogP contribution in [-0.2, 0) is 19.1 Å². The summed E-state index contributed by atoms with van der Waals surface area (Å²) >= 11 is 0. The average molecular weight is 467 g/mol. The third kappa shape index (κ3) is 3.45. The van der Waals surface area contributed by atoms with Gasteiger partial charge in [-0.1, -0.05) is 30.3 Å². The van der Waals surface area contributed by atoms with E-state index >= 15 is 0 Å². The Labute approximate surface area is 196 Å². The second kappa shape index (κ2) is 8.48. The second-order valence-corrected chi connectivity index (χ2v) is 9.26. The van der Waals surface area contributed by atoms with Crippen LogP contribution in [0.3, 0.4) is 0 Å². The van der Waals surface area contributed by atoms with Crippen LogP contribution < -0.4 is 10.4 Å². The number of fused-ring (bicyclic) bond motifs is 3. The number of methoxy groups -OCH3 is 1. The number of para-hydroxylation sites is 1. The predicted molar refractivity (Wildman–Crippen MR) is 121 cm³/mol. The monoisotopic (exact) mass is 467 g/mol. The van der Waals surface area contributed by atoms with Crippen LogP contribution >= 0.6 is 0 Å². The molecule has 0 unspecified atom stereocenters. The summed E-state index contributed by atoms with van der Waals surface area (Å²) < 4.78 is 11.5. The van der Waals surface area contributed by atoms with Crippen LogP contribution in [-0.4, -0.2) is 58.7 Å². The molecule has 2 aromatic rings. The highest BCUT2D eigenvalue weighted by Gasteiger charge is 2.67. The van der Waals surface area contributed by atoms with Crippen molar-refractivity contribution in [2.24, 2.45) is 23.7 Å². The molecule has 178 valence electrons. The van der Waals surface area contributed by atoms with Gasteiger partial charge in [0.25, 0.3) is 0 Å². The maximum absolute atomic E-state index is 13.6. The fourth-order valence-electron chi connectivity index (χ4n) is 5.91. The van der Waals surface area contributed by atoms with Crippen molar-refractivity contribution in [3.63, 3.8) is 0 Å². The molecule has 0 bridgehead atoms. The molecule has 2 aliphatic heterocycles. The first-order chi connectivity index (χ1) is 16.3. The summed E-state index contributed by atoms with van der Waals surface area (Å²) in [6, 6.07) is 12.7. The summed E-state index contributed by atoms with van der Waals surface area (Å²) in [5.41, 5.74) is 0.917. The molecule has 5 rings (SSSR count). The van der Waals surface area contributed by atoms with Gasteiger partial charge >= 0.3 is 7.12 Å². The molecule has 0 spiro atoms. The smallest absolute Gasteiger partial charge is 0.488 e. The quantitative estimate of drug-likeness (QED) is 0.365. The van der Waals surface area contributed by atoms with E-state index in [-0.39, 0.29) is 36.3 Å². The van der Waals surface area contributed by atoms with Crippen molar-refractivity contribution in [3.8, 4) is 5.75 Å². The van der Waals surface area contributed by atoms with Crippen LogP contribution in [0.4, 0.5) is 5.69 Å². The summed E-state index contributed by atoms with van der Waals surface area (Å²) in [4.78, 5) is 28.2. The minimum atomic E-state index is -1.74. The van der Waals surface area contributed by atoms with Gasteiger partial charge in [0.15, 0.2) is 5.79 Å². The Morgan fingerprint density at radius 2 is 1.88 bits per heavy atom. The zero-order chi connectivity index (χ0) is 24.2. The van der Waals surface area contributed by atoms with Crippen molar-refractivity contribution in [1.29, 1.82) is 0 Å². The van der Waals surface area contributed by atoms with Gasteiger partial charge in [-0.25, -0.2) is 0 Å². The molecule has 6 atom stereocenters. The normalized spacial score (nSPS) is 32.6. The van der Waals surface area contributed by atoms with E-state index in [4.69, 9.17) is 9.47 Å². The first-order valence-electron chi connectivity index (χ1n) is 11.3. The number of amides is 2. The molecular formula is C24H26BNO8. The minimum Gasteiger partial charge on any atom is -0.508 e. The standard InChI is InChI=1S/C24H26BNO8/c1-33-12-13-9-17-21(18-11-20(34-24(13,18)30)16-7-2-3-8-19(16)27)23(29)26(22(17)28)15-6-4-5-14(10-15)25(31)32/h2-8,10,13,17-18,20-21,27,30-32H,9,11-12H2,1H3/t13-,17+,18+,20+,21+,24-/m1/s1. The van der Waals surface area contributed by atoms with Gasteiger partial charge in [0, 0.05) is 24.5 Å². The van der Waals surface area contributed by atoms with Gasteiger partial charge in [-0.15, -0.1) is 0 Å². The molecule has 10 heteroatoms. The fourth-order valence-corrected chi connectivity index (χ4v) is 5.91. The summed E-state index contributed by atoms with van der Waals surface area (Å²) in [7, 11) is -0.242. The van der Waals surface area contributed by atoms with Gasteiger partial charge in [0.2, 0.25) is 11.8 Å². The first kappa shape index (κ1) is 23.0. The van der Waals surface area contributed by atoms with E-state index < -0.39 is 54.5 Å². The Kier molecular flexibility index (Phi) is 5.74. The van der Waals surface area contributed by atoms with Crippen LogP contribution in [0.15, 0.2) is 48.5 Å². The highest BCUT2D eigenvalue weighted by atomic mass is 16.6. The number of hydrogen-bond donors (Lipinski definition) is 4. The van der Waals surface area contributed by atoms with Crippen molar-refractivity contribution in [1.82, 2.24) is 0 Å². The van der Waals surface area contributed by atoms with Crippen LogP contribution in [0, 0.1) is 23.7 Å². The first-order valence-corrected chi connectivity index (χ1v) is 11.3. The maximum Gasteiger partial charge on any atom is 0.488 e. The molecule has 2 amide bonds. The molecule has 0 radical (unpaired) electrons. The highest BCUT2D eigenvalue weighted by molar-refractivity contribution is 6.58. The molecule has 3 fully saturated rings. The summed E-state index contributed by atoms with van der Waals surface area (Å²) in [5.74, 6) is -5.26. The van der Waals surface area contributed by atoms with E-state index in [1.165, 1.54) is 25.3 Å². The van der Waals surface area contributed by atoms with Crippen molar-refractivity contribution >= 4 is 30.1 Å². The van der Waals surface area contributed by atoms with E-state index in [0.29, 0.717) is 5.56 Å². The number of phenolic OH excluding ortho intramolecular Hbond substituents is 1. The second-order valence-electron chi connectivity index (χ2n) is 9.26. The lowest BCUT2D eigenvalue weighted by Crippen LogP contribution is -2.54. The van der Waals surface area contributed by atoms with E-state index in [2.05, 4.69) is 0 Å². The topological polar surface area (TPSA) is 137 Å². The Hall–Kier alpha value is -2.76. The number of rotatable bonds is 5. The molecule has 2 saturated heterocycles. The molecule has 2 heterocycles. The van der Waals surface area contributed by atoms with Crippen LogP contribution in [0.1, 0.15) is 24.5 Å². The van der Waals surface area contributed by atoms with Crippen molar-refractivity contribution in [2.45, 2.75) is 24.7 Å². The number of carbonyl (C=O) groups excluding carboxylic acids is 2.